The van der Waals surface area contributed by atoms with Gasteiger partial charge in [-0.25, -0.2) is 0 Å². The molecule has 3 heteroatoms. The van der Waals surface area contributed by atoms with Crippen LogP contribution in [0, 0.1) is 6.92 Å². The number of nitrogens with one attached hydrogen (secondary N) is 1. The lowest BCUT2D eigenvalue weighted by molar-refractivity contribution is 0.133. The van der Waals surface area contributed by atoms with Gasteiger partial charge in [-0.2, -0.15) is 0 Å². The van der Waals surface area contributed by atoms with Gasteiger partial charge in [0.1, 0.15) is 0 Å². The standard InChI is InChI=1S/C16H28N2O/c1-4-5-13-19-14-11-17-10-12-18(3)16-8-6-15(2)7-9-16/h6-9,17H,4-5,10-14H2,1-3H3. The molecule has 0 heterocycles. The molecular formula is C16H28N2O. The number of hydrogen-bond acceptors (Lipinski definition) is 3. The Morgan fingerprint density at radius 1 is 1.11 bits per heavy atom. The number of anilines is 1. The molecule has 0 saturated carbocycles. The molecule has 0 aliphatic heterocycles. The summed E-state index contributed by atoms with van der Waals surface area (Å²) in [5.41, 5.74) is 2.58. The van der Waals surface area contributed by atoms with E-state index in [0.717, 1.165) is 39.3 Å². The Kier molecular flexibility index (Phi) is 8.26. The molecule has 0 unspecified atom stereocenters. The van der Waals surface area contributed by atoms with Crippen LogP contribution in [0.2, 0.25) is 0 Å². The fourth-order valence-electron chi connectivity index (χ4n) is 1.79. The Morgan fingerprint density at radius 2 is 1.84 bits per heavy atom. The van der Waals surface area contributed by atoms with Gasteiger partial charge < -0.3 is 15.0 Å². The van der Waals surface area contributed by atoms with Crippen molar-refractivity contribution >= 4 is 5.69 Å². The van der Waals surface area contributed by atoms with Gasteiger partial charge in [0, 0.05) is 39.0 Å². The van der Waals surface area contributed by atoms with Crippen molar-refractivity contribution in [2.24, 2.45) is 0 Å². The highest BCUT2D eigenvalue weighted by molar-refractivity contribution is 5.46. The first-order chi connectivity index (χ1) is 9.24. The van der Waals surface area contributed by atoms with E-state index in [4.69, 9.17) is 4.74 Å². The van der Waals surface area contributed by atoms with Gasteiger partial charge in [0.2, 0.25) is 0 Å². The molecule has 0 spiro atoms. The molecule has 108 valence electrons. The van der Waals surface area contributed by atoms with Gasteiger partial charge in [0.05, 0.1) is 6.61 Å². The van der Waals surface area contributed by atoms with Crippen LogP contribution in [0.25, 0.3) is 0 Å². The molecule has 1 aromatic rings. The fourth-order valence-corrected chi connectivity index (χ4v) is 1.79. The van der Waals surface area contributed by atoms with E-state index in [0.29, 0.717) is 0 Å². The smallest absolute Gasteiger partial charge is 0.0590 e. The number of aryl methyl sites for hydroxylation is 1. The molecule has 3 nitrogen and oxygen atoms in total. The molecule has 0 amide bonds. The lowest BCUT2D eigenvalue weighted by Crippen LogP contribution is -2.31. The number of nitrogens with zero attached hydrogens (tertiary/aromatic N) is 1. The molecular weight excluding hydrogens is 236 g/mol. The molecule has 0 aliphatic carbocycles. The minimum Gasteiger partial charge on any atom is -0.380 e. The molecule has 0 saturated heterocycles. The molecule has 0 aromatic heterocycles. The zero-order valence-electron chi connectivity index (χ0n) is 12.6. The molecule has 1 rings (SSSR count). The van der Waals surface area contributed by atoms with E-state index in [2.05, 4.69) is 55.4 Å². The Hall–Kier alpha value is -1.06. The van der Waals surface area contributed by atoms with Crippen molar-refractivity contribution in [3.05, 3.63) is 29.8 Å². The second-order valence-corrected chi connectivity index (χ2v) is 4.97. The summed E-state index contributed by atoms with van der Waals surface area (Å²) in [4.78, 5) is 2.27. The topological polar surface area (TPSA) is 24.5 Å². The molecule has 0 atom stereocenters. The first kappa shape index (κ1) is 16.0. The molecule has 19 heavy (non-hydrogen) atoms. The van der Waals surface area contributed by atoms with Crippen LogP contribution in [0.1, 0.15) is 25.3 Å². The van der Waals surface area contributed by atoms with E-state index in [1.165, 1.54) is 17.7 Å². The van der Waals surface area contributed by atoms with Crippen LogP contribution in [0.4, 0.5) is 5.69 Å². The van der Waals surface area contributed by atoms with Gasteiger partial charge >= 0.3 is 0 Å². The summed E-state index contributed by atoms with van der Waals surface area (Å²) in [6.45, 7) is 8.94. The maximum absolute atomic E-state index is 5.50. The number of hydrogen-bond donors (Lipinski definition) is 1. The van der Waals surface area contributed by atoms with Crippen molar-refractivity contribution in [1.29, 1.82) is 0 Å². The lowest BCUT2D eigenvalue weighted by Gasteiger charge is -2.19. The van der Waals surface area contributed by atoms with Gasteiger partial charge in [-0.1, -0.05) is 31.0 Å². The number of likely N-dealkylation sites (N-methyl/N-ethyl adjacent to an activating group) is 1. The summed E-state index contributed by atoms with van der Waals surface area (Å²) < 4.78 is 5.50. The summed E-state index contributed by atoms with van der Waals surface area (Å²) in [5, 5.41) is 3.41. The quantitative estimate of drug-likeness (QED) is 0.658. The van der Waals surface area contributed by atoms with E-state index >= 15 is 0 Å². The summed E-state index contributed by atoms with van der Waals surface area (Å²) in [6, 6.07) is 8.65. The highest BCUT2D eigenvalue weighted by Gasteiger charge is 1.99. The van der Waals surface area contributed by atoms with Crippen LogP contribution in [-0.2, 0) is 4.74 Å². The van der Waals surface area contributed by atoms with E-state index in [9.17, 15) is 0 Å². The molecule has 0 radical (unpaired) electrons. The van der Waals surface area contributed by atoms with Crippen molar-refractivity contribution in [2.75, 3.05) is 44.8 Å². The Morgan fingerprint density at radius 3 is 2.53 bits per heavy atom. The Balaban J connectivity index is 2.04. The largest absolute Gasteiger partial charge is 0.380 e. The SMILES string of the molecule is CCCCOCCNCCN(C)c1ccc(C)cc1. The van der Waals surface area contributed by atoms with Gasteiger partial charge in [-0.05, 0) is 25.5 Å². The minimum absolute atomic E-state index is 0.814. The number of unbranched alkanes of at least 4 members (excludes halogenated alkanes) is 1. The van der Waals surface area contributed by atoms with Crippen molar-refractivity contribution in [3.63, 3.8) is 0 Å². The van der Waals surface area contributed by atoms with Crippen LogP contribution in [-0.4, -0.2) is 39.9 Å². The summed E-state index contributed by atoms with van der Waals surface area (Å²) in [5.74, 6) is 0. The second kappa shape index (κ2) is 9.82. The monoisotopic (exact) mass is 264 g/mol. The Labute approximate surface area is 118 Å². The maximum Gasteiger partial charge on any atom is 0.0590 e. The maximum atomic E-state index is 5.50. The number of rotatable bonds is 10. The minimum atomic E-state index is 0.814. The number of benzene rings is 1. The van der Waals surface area contributed by atoms with Gasteiger partial charge in [0.15, 0.2) is 0 Å². The van der Waals surface area contributed by atoms with Crippen molar-refractivity contribution in [2.45, 2.75) is 26.7 Å². The second-order valence-electron chi connectivity index (χ2n) is 4.97. The highest BCUT2D eigenvalue weighted by atomic mass is 16.5. The zero-order chi connectivity index (χ0) is 13.9. The van der Waals surface area contributed by atoms with E-state index in [1.807, 2.05) is 0 Å². The van der Waals surface area contributed by atoms with Crippen LogP contribution in [0.3, 0.4) is 0 Å². The van der Waals surface area contributed by atoms with Crippen molar-refractivity contribution < 1.29 is 4.74 Å². The third-order valence-corrected chi connectivity index (χ3v) is 3.16. The highest BCUT2D eigenvalue weighted by Crippen LogP contribution is 2.12. The molecule has 0 bridgehead atoms. The van der Waals surface area contributed by atoms with Crippen LogP contribution in [0.5, 0.6) is 0 Å². The van der Waals surface area contributed by atoms with Crippen LogP contribution in [0.15, 0.2) is 24.3 Å². The fraction of sp³-hybridized carbons (Fsp3) is 0.625. The van der Waals surface area contributed by atoms with Crippen molar-refractivity contribution in [3.8, 4) is 0 Å². The summed E-state index contributed by atoms with van der Waals surface area (Å²) in [7, 11) is 2.13. The lowest BCUT2D eigenvalue weighted by atomic mass is 10.2. The molecule has 1 N–H and O–H groups in total. The predicted octanol–water partition coefficient (Wildman–Crippen LogP) is 2.84. The predicted molar refractivity (Wildman–Crippen MR) is 83.0 cm³/mol. The molecule has 1 aromatic carbocycles. The van der Waals surface area contributed by atoms with Crippen LogP contribution >= 0.6 is 0 Å². The Bertz CT molecular complexity index is 324. The average molecular weight is 264 g/mol. The third-order valence-electron chi connectivity index (χ3n) is 3.16. The first-order valence-electron chi connectivity index (χ1n) is 7.30. The molecule has 0 aliphatic rings. The van der Waals surface area contributed by atoms with E-state index in [-0.39, 0.29) is 0 Å². The number of ether oxygens (including phenoxy) is 1. The summed E-state index contributed by atoms with van der Waals surface area (Å²) >= 11 is 0. The zero-order valence-corrected chi connectivity index (χ0v) is 12.6. The van der Waals surface area contributed by atoms with Gasteiger partial charge in [-0.15, -0.1) is 0 Å². The van der Waals surface area contributed by atoms with Gasteiger partial charge in [-0.3, -0.25) is 0 Å². The van der Waals surface area contributed by atoms with Gasteiger partial charge in [0.25, 0.3) is 0 Å². The van der Waals surface area contributed by atoms with Crippen molar-refractivity contribution in [1.82, 2.24) is 5.32 Å². The molecule has 0 fully saturated rings. The first-order valence-corrected chi connectivity index (χ1v) is 7.30. The average Bonchev–Trinajstić information content (AvgIpc) is 2.42. The van der Waals surface area contributed by atoms with E-state index in [1.54, 1.807) is 0 Å². The normalized spacial score (nSPS) is 10.7. The summed E-state index contributed by atoms with van der Waals surface area (Å²) in [6.07, 6.45) is 2.37. The van der Waals surface area contributed by atoms with Crippen LogP contribution < -0.4 is 10.2 Å². The third kappa shape index (κ3) is 7.19. The van der Waals surface area contributed by atoms with E-state index < -0.39 is 0 Å².